The summed E-state index contributed by atoms with van der Waals surface area (Å²) in [6, 6.07) is 19.4. The lowest BCUT2D eigenvalue weighted by molar-refractivity contribution is -0.163. The number of amides is 6. The molecule has 3 fully saturated rings. The molecule has 91 heavy (non-hydrogen) atoms. The van der Waals surface area contributed by atoms with E-state index >= 15 is 4.79 Å². The van der Waals surface area contributed by atoms with Crippen molar-refractivity contribution >= 4 is 47.1 Å². The average Bonchev–Trinajstić information content (AvgIpc) is 1.67. The molecule has 9 rings (SSSR count). The molecule has 0 bridgehead atoms. The van der Waals surface area contributed by atoms with Gasteiger partial charge in [-0.25, -0.2) is 9.48 Å². The first kappa shape index (κ1) is 66.8. The van der Waals surface area contributed by atoms with E-state index < -0.39 is 59.6 Å². The number of aryl methyl sites for hydroxylation is 1. The Balaban J connectivity index is 0.717. The number of carbonyl (C=O) groups excluding carboxylic acids is 7. The van der Waals surface area contributed by atoms with Crippen molar-refractivity contribution in [3.63, 3.8) is 0 Å². The number of methoxy groups -OCH3 is 5. The van der Waals surface area contributed by atoms with Gasteiger partial charge in [0, 0.05) is 13.0 Å². The van der Waals surface area contributed by atoms with Crippen molar-refractivity contribution in [3.05, 3.63) is 113 Å². The van der Waals surface area contributed by atoms with Gasteiger partial charge in [-0.15, -0.1) is 5.10 Å². The Morgan fingerprint density at radius 3 is 2.08 bits per heavy atom. The number of esters is 1. The third kappa shape index (κ3) is 17.0. The Labute approximate surface area is 528 Å². The number of hydrogen-bond donors (Lipinski definition) is 2. The summed E-state index contributed by atoms with van der Waals surface area (Å²) in [6.45, 7) is 2.50. The maximum absolute atomic E-state index is 15.2. The second-order valence-corrected chi connectivity index (χ2v) is 22.5. The van der Waals surface area contributed by atoms with Crippen molar-refractivity contribution in [2.75, 3.05) is 100 Å². The first-order valence-electron chi connectivity index (χ1n) is 30.9. The largest absolute Gasteiger partial charge is 0.493 e. The molecule has 2 N–H and O–H groups in total. The molecule has 4 atom stereocenters. The van der Waals surface area contributed by atoms with Crippen LogP contribution in [0.25, 0.3) is 0 Å². The van der Waals surface area contributed by atoms with Crippen molar-refractivity contribution in [1.82, 2.24) is 30.1 Å². The Hall–Kier alpha value is -8.65. The van der Waals surface area contributed by atoms with Crippen LogP contribution < -0.4 is 39.1 Å². The van der Waals surface area contributed by atoms with Crippen molar-refractivity contribution in [1.29, 1.82) is 0 Å². The Morgan fingerprint density at radius 2 is 1.37 bits per heavy atom. The molecule has 1 saturated carbocycles. The number of ether oxygens (including phenoxy) is 11. The van der Waals surface area contributed by atoms with Crippen LogP contribution in [0.4, 0.5) is 5.69 Å². The molecular weight excluding hydrogens is 1180 g/mol. The molecule has 25 nitrogen and oxygen atoms in total. The van der Waals surface area contributed by atoms with E-state index in [0.717, 1.165) is 66.5 Å². The fraction of sp³-hybridized carbons (Fsp3) is 0.500. The number of piperidine rings is 2. The Kier molecular flexibility index (Phi) is 24.1. The van der Waals surface area contributed by atoms with Crippen LogP contribution >= 0.6 is 0 Å². The minimum absolute atomic E-state index is 0.00965. The van der Waals surface area contributed by atoms with Gasteiger partial charge in [0.15, 0.2) is 23.0 Å². The van der Waals surface area contributed by atoms with Gasteiger partial charge in [-0.2, -0.15) is 0 Å². The molecule has 0 radical (unpaired) electrons. The number of likely N-dealkylation sites (tertiary alicyclic amines) is 1. The summed E-state index contributed by atoms with van der Waals surface area (Å²) in [5, 5.41) is 13.3. The van der Waals surface area contributed by atoms with E-state index in [2.05, 4.69) is 20.9 Å². The lowest BCUT2D eigenvalue weighted by atomic mass is 9.75. The highest BCUT2D eigenvalue weighted by atomic mass is 16.6. The van der Waals surface area contributed by atoms with Crippen molar-refractivity contribution in [2.24, 2.45) is 5.92 Å². The summed E-state index contributed by atoms with van der Waals surface area (Å²) in [6.07, 6.45) is 8.90. The maximum atomic E-state index is 15.2. The standard InChI is InChI=1S/C66H81N7O18/c1-81-53-24-21-42(35-54(53)82-2)20-23-52(91-66(80)51-19-9-10-26-72(51)64(78)59(43-13-7-6-8-14-43)45-37-55(83-3)61(85-5)56(38-45)84-4)44-15-11-16-47(36-44)90-40-46-39-71(70-69-46)27-28-86-29-30-87-31-32-88-33-34-89-41-58(75)67-49-18-12-17-48-60(49)65(79)73(63(48)77)50-22-25-57(74)68-62(50)76/h11-12,15-18,21,24,35-39,43,50-52,59H,6-10,13-14,19-20,22-23,25-34,40-41H2,1-5H3,(H,67,75)(H,68,74,76)/t50?,51?,52-,59+/m1/s1. The van der Waals surface area contributed by atoms with E-state index in [-0.39, 0.29) is 74.5 Å². The molecule has 1 aromatic heterocycles. The summed E-state index contributed by atoms with van der Waals surface area (Å²) in [5.41, 5.74) is 3.15. The second kappa shape index (κ2) is 32.9. The number of rotatable bonds is 33. The van der Waals surface area contributed by atoms with E-state index in [1.165, 1.54) is 18.2 Å². The van der Waals surface area contributed by atoms with Gasteiger partial charge < -0.3 is 62.3 Å². The summed E-state index contributed by atoms with van der Waals surface area (Å²) in [5.74, 6) is -1.13. The quantitative estimate of drug-likeness (QED) is 0.0244. The molecule has 0 spiro atoms. The van der Waals surface area contributed by atoms with Crippen LogP contribution in [0.5, 0.6) is 34.5 Å². The highest BCUT2D eigenvalue weighted by Gasteiger charge is 2.46. The van der Waals surface area contributed by atoms with Crippen molar-refractivity contribution in [3.8, 4) is 34.5 Å². The molecule has 4 aliphatic rings. The predicted molar refractivity (Wildman–Crippen MR) is 327 cm³/mol. The van der Waals surface area contributed by atoms with Gasteiger partial charge in [-0.3, -0.25) is 39.0 Å². The number of fused-ring (bicyclic) bond motifs is 1. The topological polar surface area (TPSA) is 282 Å². The summed E-state index contributed by atoms with van der Waals surface area (Å²) < 4.78 is 65.1. The van der Waals surface area contributed by atoms with Crippen LogP contribution in [0.15, 0.2) is 79.0 Å². The number of aromatic nitrogens is 3. The monoisotopic (exact) mass is 1260 g/mol. The lowest BCUT2D eigenvalue weighted by Crippen LogP contribution is -2.54. The van der Waals surface area contributed by atoms with Gasteiger partial charge in [0.2, 0.25) is 29.4 Å². The van der Waals surface area contributed by atoms with Crippen LogP contribution in [0.3, 0.4) is 0 Å². The molecule has 1 aliphatic carbocycles. The van der Waals surface area contributed by atoms with Crippen LogP contribution in [-0.4, -0.2) is 173 Å². The van der Waals surface area contributed by atoms with E-state index in [1.54, 1.807) is 51.3 Å². The number of nitrogens with zero attached hydrogens (tertiary/aromatic N) is 5. The molecule has 2 unspecified atom stereocenters. The zero-order valence-corrected chi connectivity index (χ0v) is 52.2. The highest BCUT2D eigenvalue weighted by Crippen LogP contribution is 2.45. The Morgan fingerprint density at radius 1 is 0.681 bits per heavy atom. The number of carbonyl (C=O) groups is 7. The fourth-order valence-electron chi connectivity index (χ4n) is 12.1. The number of benzene rings is 4. The molecule has 488 valence electrons. The van der Waals surface area contributed by atoms with Gasteiger partial charge in [0.1, 0.15) is 42.8 Å². The highest BCUT2D eigenvalue weighted by molar-refractivity contribution is 6.26. The van der Waals surface area contributed by atoms with Crippen LogP contribution in [0, 0.1) is 5.92 Å². The maximum Gasteiger partial charge on any atom is 0.329 e. The molecule has 25 heteroatoms. The van der Waals surface area contributed by atoms with Gasteiger partial charge in [-0.05, 0) is 123 Å². The third-order valence-electron chi connectivity index (χ3n) is 16.7. The molecule has 6 amide bonds. The first-order chi connectivity index (χ1) is 44.3. The van der Waals surface area contributed by atoms with Crippen LogP contribution in [0.2, 0.25) is 0 Å². The van der Waals surface area contributed by atoms with Crippen LogP contribution in [0.1, 0.15) is 126 Å². The Bertz CT molecular complexity index is 3320. The molecule has 2 saturated heterocycles. The summed E-state index contributed by atoms with van der Waals surface area (Å²) in [7, 11) is 7.86. The zero-order valence-electron chi connectivity index (χ0n) is 52.2. The molecule has 4 aromatic carbocycles. The smallest absolute Gasteiger partial charge is 0.329 e. The number of hydrogen-bond acceptors (Lipinski definition) is 20. The summed E-state index contributed by atoms with van der Waals surface area (Å²) in [4.78, 5) is 95.8. The van der Waals surface area contributed by atoms with Crippen molar-refractivity contribution in [2.45, 2.75) is 114 Å². The van der Waals surface area contributed by atoms with E-state index in [9.17, 15) is 28.8 Å². The minimum atomic E-state index is -1.13. The van der Waals surface area contributed by atoms with Gasteiger partial charge in [0.25, 0.3) is 11.8 Å². The zero-order chi connectivity index (χ0) is 64.2. The third-order valence-corrected chi connectivity index (χ3v) is 16.7. The SMILES string of the molecule is COc1ccc(CC[C@@H](OC(=O)C2CCCCN2C(=O)[C@H](c2cc(OC)c(OC)c(OC)c2)C2CCCCC2)c2cccc(OCc3cn(CCOCCOCCOCCOCC(=O)Nc4cccc5c4C(=O)N(C4CCC(=O)NC4=O)C5=O)nn3)c2)cc1OC. The average molecular weight is 1260 g/mol. The van der Waals surface area contributed by atoms with E-state index in [4.69, 9.17) is 52.1 Å². The molecule has 5 aromatic rings. The summed E-state index contributed by atoms with van der Waals surface area (Å²) >= 11 is 0. The molecule has 4 heterocycles. The van der Waals surface area contributed by atoms with Gasteiger partial charge >= 0.3 is 5.97 Å². The van der Waals surface area contributed by atoms with E-state index in [0.29, 0.717) is 99.0 Å². The van der Waals surface area contributed by atoms with Crippen LogP contribution in [-0.2, 0) is 67.2 Å². The van der Waals surface area contributed by atoms with Gasteiger partial charge in [-0.1, -0.05) is 48.7 Å². The van der Waals surface area contributed by atoms with Gasteiger partial charge in [0.05, 0.1) is 117 Å². The van der Waals surface area contributed by atoms with Crippen molar-refractivity contribution < 1.29 is 85.7 Å². The first-order valence-corrected chi connectivity index (χ1v) is 30.9. The number of nitrogens with one attached hydrogen (secondary N) is 2. The molecular formula is C66H81N7O18. The predicted octanol–water partition coefficient (Wildman–Crippen LogP) is 6.97. The number of imide groups is 2. The second-order valence-electron chi connectivity index (χ2n) is 22.5. The van der Waals surface area contributed by atoms with E-state index in [1.807, 2.05) is 54.6 Å². The minimum Gasteiger partial charge on any atom is -0.493 e. The normalized spacial score (nSPS) is 17.4. The number of anilines is 1. The fourth-order valence-corrected chi connectivity index (χ4v) is 12.1. The lowest BCUT2D eigenvalue weighted by Gasteiger charge is -2.40. The molecule has 3 aliphatic heterocycles.